The summed E-state index contributed by atoms with van der Waals surface area (Å²) < 4.78 is 2.96. The number of rotatable bonds is 5. The van der Waals surface area contributed by atoms with Gasteiger partial charge in [-0.15, -0.1) is 22.7 Å². The molecule has 4 aromatic rings. The minimum absolute atomic E-state index is 0.0937. The van der Waals surface area contributed by atoms with E-state index in [1.54, 1.807) is 23.3 Å². The molecule has 6 nitrogen and oxygen atoms in total. The van der Waals surface area contributed by atoms with Gasteiger partial charge in [-0.1, -0.05) is 29.8 Å². The Labute approximate surface area is 180 Å². The molecular formula is C20H19ClN4O2S2. The largest absolute Gasteiger partial charge is 0.342 e. The van der Waals surface area contributed by atoms with Gasteiger partial charge in [0.1, 0.15) is 4.88 Å². The lowest BCUT2D eigenvalue weighted by atomic mass is 10.2. The monoisotopic (exact) mass is 446 g/mol. The fraction of sp³-hybridized carbons (Fsp3) is 0.250. The first kappa shape index (κ1) is 19.9. The molecule has 9 heteroatoms. The number of hydrogen-bond donors (Lipinski definition) is 1. The lowest BCUT2D eigenvalue weighted by molar-refractivity contribution is -0.129. The van der Waals surface area contributed by atoms with Gasteiger partial charge in [-0.05, 0) is 19.9 Å². The zero-order valence-corrected chi connectivity index (χ0v) is 18.5. The van der Waals surface area contributed by atoms with E-state index in [-0.39, 0.29) is 18.4 Å². The molecule has 0 aliphatic rings. The fourth-order valence-electron chi connectivity index (χ4n) is 3.14. The number of fused-ring (bicyclic) bond motifs is 2. The van der Waals surface area contributed by atoms with E-state index >= 15 is 0 Å². The summed E-state index contributed by atoms with van der Waals surface area (Å²) in [6.45, 7) is 4.29. The molecule has 2 amide bonds. The van der Waals surface area contributed by atoms with Crippen LogP contribution in [-0.2, 0) is 11.3 Å². The number of carbonyl (C=O) groups excluding carboxylic acids is 2. The maximum atomic E-state index is 12.6. The van der Waals surface area contributed by atoms with E-state index < -0.39 is 0 Å². The summed E-state index contributed by atoms with van der Waals surface area (Å²) in [7, 11) is 1.72. The lowest BCUT2D eigenvalue weighted by Gasteiger charge is -2.17. The molecule has 3 aromatic heterocycles. The van der Waals surface area contributed by atoms with E-state index in [4.69, 9.17) is 11.6 Å². The zero-order valence-electron chi connectivity index (χ0n) is 16.2. The second kappa shape index (κ2) is 7.78. The molecule has 1 N–H and O–H groups in total. The summed E-state index contributed by atoms with van der Waals surface area (Å²) in [5, 5.41) is 3.96. The van der Waals surface area contributed by atoms with Crippen LogP contribution in [0, 0.1) is 13.8 Å². The average Bonchev–Trinajstić information content (AvgIpc) is 3.31. The van der Waals surface area contributed by atoms with Crippen LogP contribution in [0.5, 0.6) is 0 Å². The number of likely N-dealkylation sites (N-methyl/N-ethyl adjacent to an activating group) is 1. The van der Waals surface area contributed by atoms with Crippen LogP contribution >= 0.6 is 34.3 Å². The number of benzene rings is 1. The predicted octanol–water partition coefficient (Wildman–Crippen LogP) is 4.27. The van der Waals surface area contributed by atoms with Crippen molar-refractivity contribution in [3.8, 4) is 0 Å². The van der Waals surface area contributed by atoms with E-state index in [0.29, 0.717) is 16.4 Å². The van der Waals surface area contributed by atoms with Crippen LogP contribution in [0.25, 0.3) is 15.0 Å². The summed E-state index contributed by atoms with van der Waals surface area (Å²) in [4.78, 5) is 33.8. The molecule has 0 radical (unpaired) electrons. The fourth-order valence-corrected chi connectivity index (χ4v) is 5.47. The summed E-state index contributed by atoms with van der Waals surface area (Å²) >= 11 is 9.28. The maximum Gasteiger partial charge on any atom is 0.263 e. The van der Waals surface area contributed by atoms with E-state index in [1.165, 1.54) is 11.3 Å². The molecule has 1 aromatic carbocycles. The molecule has 0 saturated carbocycles. The number of nitrogens with zero attached hydrogens (tertiary/aromatic N) is 3. The minimum atomic E-state index is -0.339. The van der Waals surface area contributed by atoms with Crippen molar-refractivity contribution >= 4 is 61.1 Å². The highest BCUT2D eigenvalue weighted by atomic mass is 35.5. The number of hydrogen-bond acceptors (Lipinski definition) is 5. The third-order valence-corrected chi connectivity index (χ3v) is 7.27. The Morgan fingerprint density at radius 2 is 2.00 bits per heavy atom. The van der Waals surface area contributed by atoms with Crippen LogP contribution in [0.4, 0.5) is 0 Å². The summed E-state index contributed by atoms with van der Waals surface area (Å²) in [6.07, 6.45) is 2.03. The van der Waals surface area contributed by atoms with Gasteiger partial charge in [0.05, 0.1) is 29.5 Å². The lowest BCUT2D eigenvalue weighted by Crippen LogP contribution is -2.38. The molecule has 0 saturated heterocycles. The van der Waals surface area contributed by atoms with Crippen molar-refractivity contribution in [2.24, 2.45) is 0 Å². The van der Waals surface area contributed by atoms with E-state index in [9.17, 15) is 9.59 Å². The van der Waals surface area contributed by atoms with Crippen molar-refractivity contribution in [1.29, 1.82) is 0 Å². The summed E-state index contributed by atoms with van der Waals surface area (Å²) in [5.41, 5.74) is 1.87. The number of imidazole rings is 1. The molecule has 3 heterocycles. The van der Waals surface area contributed by atoms with Gasteiger partial charge in [-0.2, -0.15) is 0 Å². The molecule has 0 spiro atoms. The molecular weight excluding hydrogens is 428 g/mol. The second-order valence-electron chi connectivity index (χ2n) is 6.81. The average molecular weight is 447 g/mol. The van der Waals surface area contributed by atoms with Crippen LogP contribution in [0.3, 0.4) is 0 Å². The molecule has 0 unspecified atom stereocenters. The molecule has 0 fully saturated rings. The molecule has 150 valence electrons. The van der Waals surface area contributed by atoms with Crippen molar-refractivity contribution in [2.45, 2.75) is 20.4 Å². The first-order chi connectivity index (χ1) is 13.8. The molecule has 0 aliphatic heterocycles. The van der Waals surface area contributed by atoms with Crippen molar-refractivity contribution in [1.82, 2.24) is 19.6 Å². The smallest absolute Gasteiger partial charge is 0.263 e. The number of thiazole rings is 1. The Morgan fingerprint density at radius 3 is 2.76 bits per heavy atom. The highest BCUT2D eigenvalue weighted by Crippen LogP contribution is 2.34. The summed E-state index contributed by atoms with van der Waals surface area (Å²) in [6, 6.07) is 7.58. The third-order valence-electron chi connectivity index (χ3n) is 4.70. The Morgan fingerprint density at radius 1 is 1.24 bits per heavy atom. The van der Waals surface area contributed by atoms with Crippen molar-refractivity contribution < 1.29 is 9.59 Å². The number of halogens is 1. The van der Waals surface area contributed by atoms with Crippen LogP contribution in [-0.4, -0.2) is 39.7 Å². The number of aromatic nitrogens is 2. The normalized spacial score (nSPS) is 11.3. The number of aryl methyl sites for hydroxylation is 2. The van der Waals surface area contributed by atoms with Crippen molar-refractivity contribution in [3.63, 3.8) is 0 Å². The van der Waals surface area contributed by atoms with Gasteiger partial charge in [0.25, 0.3) is 5.91 Å². The van der Waals surface area contributed by atoms with Gasteiger partial charge in [0.15, 0.2) is 4.96 Å². The first-order valence-electron chi connectivity index (χ1n) is 8.98. The quantitative estimate of drug-likeness (QED) is 0.497. The van der Waals surface area contributed by atoms with Gasteiger partial charge in [-0.25, -0.2) is 4.98 Å². The van der Waals surface area contributed by atoms with Gasteiger partial charge in [-0.3, -0.25) is 14.0 Å². The van der Waals surface area contributed by atoms with Gasteiger partial charge >= 0.3 is 0 Å². The highest BCUT2D eigenvalue weighted by Gasteiger charge is 2.20. The topological polar surface area (TPSA) is 66.7 Å². The number of thiophene rings is 1. The molecule has 0 bridgehead atoms. The van der Waals surface area contributed by atoms with Crippen LogP contribution < -0.4 is 5.32 Å². The van der Waals surface area contributed by atoms with Crippen LogP contribution in [0.15, 0.2) is 30.5 Å². The van der Waals surface area contributed by atoms with Gasteiger partial charge in [0.2, 0.25) is 5.91 Å². The van der Waals surface area contributed by atoms with Gasteiger partial charge < -0.3 is 10.2 Å². The molecule has 0 aliphatic carbocycles. The van der Waals surface area contributed by atoms with Crippen LogP contribution in [0.1, 0.15) is 25.9 Å². The van der Waals surface area contributed by atoms with Crippen LogP contribution in [0.2, 0.25) is 5.02 Å². The molecule has 29 heavy (non-hydrogen) atoms. The standard InChI is InChI=1S/C20H19ClN4O2S2/c1-11-9-25-14(12(2)23-20(25)28-11)10-24(3)16(26)8-22-19(27)18-17(21)13-6-4-5-7-15(13)29-18/h4-7,9H,8,10H2,1-3H3,(H,22,27). The Balaban J connectivity index is 1.42. The Bertz CT molecular complexity index is 1240. The Kier molecular flexibility index (Phi) is 5.33. The SMILES string of the molecule is Cc1cn2c(CN(C)C(=O)CNC(=O)c3sc4ccccc4c3Cl)c(C)nc2s1. The number of carbonyl (C=O) groups is 2. The predicted molar refractivity (Wildman–Crippen MR) is 118 cm³/mol. The van der Waals surface area contributed by atoms with Gasteiger partial charge in [0, 0.05) is 28.2 Å². The summed E-state index contributed by atoms with van der Waals surface area (Å²) in [5.74, 6) is -0.522. The third kappa shape index (κ3) is 3.75. The van der Waals surface area contributed by atoms with Crippen molar-refractivity contribution in [2.75, 3.05) is 13.6 Å². The Hall–Kier alpha value is -2.42. The molecule has 0 atom stereocenters. The van der Waals surface area contributed by atoms with E-state index in [0.717, 1.165) is 31.3 Å². The second-order valence-corrected chi connectivity index (χ2v) is 9.46. The maximum absolute atomic E-state index is 12.6. The highest BCUT2D eigenvalue weighted by molar-refractivity contribution is 7.21. The first-order valence-corrected chi connectivity index (χ1v) is 11.0. The van der Waals surface area contributed by atoms with E-state index in [2.05, 4.69) is 10.3 Å². The van der Waals surface area contributed by atoms with E-state index in [1.807, 2.05) is 48.7 Å². The minimum Gasteiger partial charge on any atom is -0.342 e. The number of amides is 2. The van der Waals surface area contributed by atoms with Crippen molar-refractivity contribution in [3.05, 3.63) is 56.6 Å². The zero-order chi connectivity index (χ0) is 20.7. The molecule has 4 rings (SSSR count). The number of nitrogens with one attached hydrogen (secondary N) is 1.